The number of aliphatic carboxylic acids is 1. The Kier molecular flexibility index (Phi) is 6.73. The van der Waals surface area contributed by atoms with Crippen LogP contribution in [-0.2, 0) is 9.63 Å². The Labute approximate surface area is 154 Å². The van der Waals surface area contributed by atoms with E-state index in [0.29, 0.717) is 18.9 Å². The van der Waals surface area contributed by atoms with Crippen LogP contribution in [0.25, 0.3) is 0 Å². The maximum Gasteiger partial charge on any atom is 0.303 e. The van der Waals surface area contributed by atoms with Gasteiger partial charge in [0.05, 0.1) is 18.8 Å². The molecule has 0 aromatic rings. The molecule has 0 saturated heterocycles. The zero-order chi connectivity index (χ0) is 18.5. The van der Waals surface area contributed by atoms with Crippen molar-refractivity contribution >= 4 is 5.97 Å². The van der Waals surface area contributed by atoms with Gasteiger partial charge in [-0.05, 0) is 43.6 Å². The van der Waals surface area contributed by atoms with Crippen molar-refractivity contribution in [3.05, 3.63) is 23.4 Å². The molecule has 3 aliphatic rings. The van der Waals surface area contributed by atoms with Crippen molar-refractivity contribution in [2.45, 2.75) is 70.0 Å². The van der Waals surface area contributed by atoms with Crippen molar-refractivity contribution in [1.29, 1.82) is 0 Å². The van der Waals surface area contributed by atoms with Crippen LogP contribution >= 0.6 is 0 Å². The topological polar surface area (TPSA) is 99.0 Å². The summed E-state index contributed by atoms with van der Waals surface area (Å²) in [7, 11) is 0. The Balaban J connectivity index is 1.44. The zero-order valence-corrected chi connectivity index (χ0v) is 15.3. The van der Waals surface area contributed by atoms with Crippen LogP contribution in [0.4, 0.5) is 0 Å². The minimum atomic E-state index is -0.816. The monoisotopic (exact) mass is 365 g/mol. The van der Waals surface area contributed by atoms with E-state index in [2.05, 4.69) is 5.48 Å². The van der Waals surface area contributed by atoms with Crippen molar-refractivity contribution in [2.75, 3.05) is 6.61 Å². The number of carboxylic acids is 1. The summed E-state index contributed by atoms with van der Waals surface area (Å²) in [6, 6.07) is 0. The van der Waals surface area contributed by atoms with Crippen molar-refractivity contribution in [1.82, 2.24) is 5.48 Å². The Morgan fingerprint density at radius 1 is 1.27 bits per heavy atom. The molecular formula is C20H31NO5. The number of aliphatic hydroxyl groups excluding tert-OH is 2. The standard InChI is InChI=1S/C20H31NO5/c22-18(13-5-2-1-3-6-13)9-8-14-11-15-16(20(14)25)12-17(15)21-26-10-4-7-19(23)24/h8-9,13-14,16,18,20-22,25H,1-7,10-12H2,(H,23,24)/t14?,16-,18?,20?/m1/s1. The van der Waals surface area contributed by atoms with Crippen LogP contribution in [0.3, 0.4) is 0 Å². The largest absolute Gasteiger partial charge is 0.481 e. The quantitative estimate of drug-likeness (QED) is 0.285. The lowest BCUT2D eigenvalue weighted by atomic mass is 9.83. The van der Waals surface area contributed by atoms with E-state index in [1.54, 1.807) is 0 Å². The summed E-state index contributed by atoms with van der Waals surface area (Å²) in [5.41, 5.74) is 5.15. The number of rotatable bonds is 9. The molecule has 4 N–H and O–H groups in total. The van der Waals surface area contributed by atoms with Crippen molar-refractivity contribution in [3.8, 4) is 0 Å². The fourth-order valence-electron chi connectivity index (χ4n) is 4.45. The number of hydrogen-bond donors (Lipinski definition) is 4. The van der Waals surface area contributed by atoms with Crippen LogP contribution in [0.15, 0.2) is 23.4 Å². The second-order valence-electron chi connectivity index (χ2n) is 7.89. The maximum absolute atomic E-state index is 10.5. The minimum Gasteiger partial charge on any atom is -0.481 e. The molecule has 6 heteroatoms. The van der Waals surface area contributed by atoms with Crippen LogP contribution in [0.1, 0.15) is 57.8 Å². The highest BCUT2D eigenvalue weighted by atomic mass is 16.6. The van der Waals surface area contributed by atoms with E-state index >= 15 is 0 Å². The first kappa shape index (κ1) is 19.4. The van der Waals surface area contributed by atoms with E-state index in [9.17, 15) is 15.0 Å². The van der Waals surface area contributed by atoms with Crippen LogP contribution in [-0.4, -0.2) is 40.1 Å². The van der Waals surface area contributed by atoms with Gasteiger partial charge in [-0.2, -0.15) is 0 Å². The molecule has 0 spiro atoms. The molecule has 0 radical (unpaired) electrons. The highest BCUT2D eigenvalue weighted by Gasteiger charge is 2.45. The number of hydrogen-bond acceptors (Lipinski definition) is 5. The van der Waals surface area contributed by atoms with Gasteiger partial charge in [0.1, 0.15) is 0 Å². The average Bonchev–Trinajstić information content (AvgIpc) is 2.87. The highest BCUT2D eigenvalue weighted by Crippen LogP contribution is 2.48. The van der Waals surface area contributed by atoms with Gasteiger partial charge in [0.25, 0.3) is 0 Å². The van der Waals surface area contributed by atoms with Gasteiger partial charge in [-0.1, -0.05) is 31.4 Å². The zero-order valence-electron chi connectivity index (χ0n) is 15.3. The third-order valence-electron chi connectivity index (χ3n) is 6.09. The second-order valence-corrected chi connectivity index (χ2v) is 7.89. The summed E-state index contributed by atoms with van der Waals surface area (Å²) >= 11 is 0. The van der Waals surface area contributed by atoms with Gasteiger partial charge in [-0.15, -0.1) is 0 Å². The minimum absolute atomic E-state index is 0.0551. The van der Waals surface area contributed by atoms with Gasteiger partial charge in [0.2, 0.25) is 0 Å². The van der Waals surface area contributed by atoms with Gasteiger partial charge in [0, 0.05) is 24.0 Å². The van der Waals surface area contributed by atoms with Crippen molar-refractivity contribution in [2.24, 2.45) is 17.8 Å². The van der Waals surface area contributed by atoms with Crippen LogP contribution in [0, 0.1) is 17.8 Å². The third-order valence-corrected chi connectivity index (χ3v) is 6.09. The first-order valence-electron chi connectivity index (χ1n) is 9.92. The maximum atomic E-state index is 10.5. The number of aliphatic hydroxyl groups is 2. The SMILES string of the molecule is O=C(O)CCCONC1=C2CC(C=CC(O)C3CCCCC3)C(O)[C@@H]2C1. The van der Waals surface area contributed by atoms with Gasteiger partial charge in [-0.3, -0.25) is 15.1 Å². The molecule has 2 saturated carbocycles. The van der Waals surface area contributed by atoms with E-state index in [1.807, 2.05) is 12.2 Å². The molecule has 3 unspecified atom stereocenters. The Bertz CT molecular complexity index is 552. The Hall–Kier alpha value is -1.37. The highest BCUT2D eigenvalue weighted by molar-refractivity contribution is 5.66. The molecule has 0 bridgehead atoms. The lowest BCUT2D eigenvalue weighted by Gasteiger charge is -2.30. The number of allylic oxidation sites excluding steroid dienone is 1. The summed E-state index contributed by atoms with van der Waals surface area (Å²) < 4.78 is 0. The summed E-state index contributed by atoms with van der Waals surface area (Å²) in [6.07, 6.45) is 11.1. The smallest absolute Gasteiger partial charge is 0.303 e. The van der Waals surface area contributed by atoms with Gasteiger partial charge in [-0.25, -0.2) is 0 Å². The normalized spacial score (nSPS) is 30.3. The van der Waals surface area contributed by atoms with E-state index in [-0.39, 0.29) is 18.3 Å². The molecule has 3 aliphatic carbocycles. The van der Waals surface area contributed by atoms with E-state index in [4.69, 9.17) is 9.94 Å². The van der Waals surface area contributed by atoms with Gasteiger partial charge < -0.3 is 15.3 Å². The van der Waals surface area contributed by atoms with Crippen molar-refractivity contribution < 1.29 is 25.0 Å². The number of nitrogens with one attached hydrogen (secondary N) is 1. The predicted molar refractivity (Wildman–Crippen MR) is 96.9 cm³/mol. The van der Waals surface area contributed by atoms with Crippen LogP contribution in [0.5, 0.6) is 0 Å². The summed E-state index contributed by atoms with van der Waals surface area (Å²) in [6.45, 7) is 0.354. The molecule has 26 heavy (non-hydrogen) atoms. The molecule has 2 fully saturated rings. The lowest BCUT2D eigenvalue weighted by molar-refractivity contribution is -0.137. The first-order chi connectivity index (χ1) is 12.6. The molecule has 6 nitrogen and oxygen atoms in total. The number of hydroxylamine groups is 1. The molecule has 0 heterocycles. The summed E-state index contributed by atoms with van der Waals surface area (Å²) in [5.74, 6) is -0.213. The molecule has 4 atom stereocenters. The Morgan fingerprint density at radius 3 is 2.77 bits per heavy atom. The third kappa shape index (κ3) is 4.67. The molecular weight excluding hydrogens is 334 g/mol. The summed E-state index contributed by atoms with van der Waals surface area (Å²) in [4.78, 5) is 15.8. The molecule has 0 aliphatic heterocycles. The van der Waals surface area contributed by atoms with E-state index in [1.165, 1.54) is 24.8 Å². The fraction of sp³-hybridized carbons (Fsp3) is 0.750. The fourth-order valence-corrected chi connectivity index (χ4v) is 4.45. The molecule has 0 aromatic carbocycles. The molecule has 0 amide bonds. The number of carboxylic acid groups (broad SMARTS) is 1. The van der Waals surface area contributed by atoms with Crippen LogP contribution < -0.4 is 5.48 Å². The van der Waals surface area contributed by atoms with E-state index in [0.717, 1.165) is 31.4 Å². The van der Waals surface area contributed by atoms with Crippen molar-refractivity contribution in [3.63, 3.8) is 0 Å². The Morgan fingerprint density at radius 2 is 2.04 bits per heavy atom. The number of fused-ring (bicyclic) bond motifs is 1. The molecule has 3 rings (SSSR count). The molecule has 0 aromatic heterocycles. The predicted octanol–water partition coefficient (Wildman–Crippen LogP) is 2.52. The van der Waals surface area contributed by atoms with Gasteiger partial charge >= 0.3 is 5.97 Å². The second kappa shape index (κ2) is 9.02. The lowest BCUT2D eigenvalue weighted by Crippen LogP contribution is -2.32. The van der Waals surface area contributed by atoms with Crippen LogP contribution in [0.2, 0.25) is 0 Å². The summed E-state index contributed by atoms with van der Waals surface area (Å²) in [5, 5.41) is 29.5. The average molecular weight is 365 g/mol. The van der Waals surface area contributed by atoms with Gasteiger partial charge in [0.15, 0.2) is 0 Å². The molecule has 146 valence electrons. The first-order valence-corrected chi connectivity index (χ1v) is 9.92. The van der Waals surface area contributed by atoms with E-state index < -0.39 is 18.2 Å². The number of carbonyl (C=O) groups is 1.